The Morgan fingerprint density at radius 1 is 1.07 bits per heavy atom. The molecule has 0 saturated carbocycles. The number of hydrogen-bond donors (Lipinski definition) is 3. The van der Waals surface area contributed by atoms with Crippen molar-refractivity contribution in [2.45, 2.75) is 37.4 Å². The SMILES string of the molecule is O=C(Cc1ccccc1)N[C@H]1C[C@H]2COc3cc(F)cc(c3)-c3csc(c3)C(=O)N[C@H](C(=O)O)COC/C=C\CC(=O)N2C1. The highest BCUT2D eigenvalue weighted by Gasteiger charge is 2.36. The van der Waals surface area contributed by atoms with Gasteiger partial charge in [0.25, 0.3) is 5.91 Å². The summed E-state index contributed by atoms with van der Waals surface area (Å²) in [5.74, 6) is -2.48. The molecule has 3 amide bonds. The maximum absolute atomic E-state index is 14.7. The number of nitrogens with one attached hydrogen (secondary N) is 2. The molecule has 1 fully saturated rings. The zero-order chi connectivity index (χ0) is 31.1. The average molecular weight is 622 g/mol. The molecule has 0 unspecified atom stereocenters. The fraction of sp³-hybridized carbons (Fsp3) is 0.312. The largest absolute Gasteiger partial charge is 0.491 e. The standard InChI is InChI=1S/C32H32FN3O7S/c33-23-11-21-12-26(14-23)43-17-25-15-24(34-29(37)10-20-6-2-1-3-7-20)16-36(25)30(38)8-4-5-9-42-18-27(32(40)41)35-31(39)28-13-22(21)19-44-28/h1-7,11-14,19,24-25,27H,8-10,15-18H2,(H,34,37)(H,35,39)(H,40,41)/b5-4-/t24-,25-,27-/m0/s1. The van der Waals surface area contributed by atoms with Gasteiger partial charge in [0.05, 0.1) is 30.6 Å². The van der Waals surface area contributed by atoms with Gasteiger partial charge < -0.3 is 30.1 Å². The molecule has 3 atom stereocenters. The topological polar surface area (TPSA) is 134 Å². The van der Waals surface area contributed by atoms with Crippen molar-refractivity contribution in [1.29, 1.82) is 0 Å². The number of thiophene rings is 1. The van der Waals surface area contributed by atoms with Crippen LogP contribution in [0.15, 0.2) is 72.1 Å². The molecule has 230 valence electrons. The van der Waals surface area contributed by atoms with Gasteiger partial charge in [0.1, 0.15) is 18.2 Å². The predicted molar refractivity (Wildman–Crippen MR) is 161 cm³/mol. The summed E-state index contributed by atoms with van der Waals surface area (Å²) >= 11 is 1.10. The van der Waals surface area contributed by atoms with Gasteiger partial charge in [-0.2, -0.15) is 0 Å². The van der Waals surface area contributed by atoms with Crippen LogP contribution in [-0.4, -0.2) is 78.2 Å². The monoisotopic (exact) mass is 621 g/mol. The van der Waals surface area contributed by atoms with E-state index in [1.807, 2.05) is 30.3 Å². The maximum atomic E-state index is 14.7. The highest BCUT2D eigenvalue weighted by Crippen LogP contribution is 2.30. The molecule has 3 aromatic rings. The number of carboxylic acid groups (broad SMARTS) is 1. The summed E-state index contributed by atoms with van der Waals surface area (Å²) in [6.07, 6.45) is 3.96. The Morgan fingerprint density at radius 2 is 1.89 bits per heavy atom. The summed E-state index contributed by atoms with van der Waals surface area (Å²) in [5.41, 5.74) is 1.91. The molecule has 1 saturated heterocycles. The van der Waals surface area contributed by atoms with E-state index >= 15 is 0 Å². The van der Waals surface area contributed by atoms with E-state index in [2.05, 4.69) is 10.6 Å². The average Bonchev–Trinajstić information content (AvgIpc) is 3.64. The van der Waals surface area contributed by atoms with Crippen molar-refractivity contribution in [3.8, 4) is 16.9 Å². The summed E-state index contributed by atoms with van der Waals surface area (Å²) in [5, 5.41) is 16.7. The van der Waals surface area contributed by atoms with E-state index in [0.717, 1.165) is 16.9 Å². The predicted octanol–water partition coefficient (Wildman–Crippen LogP) is 3.42. The second-order valence-corrected chi connectivity index (χ2v) is 11.5. The van der Waals surface area contributed by atoms with Gasteiger partial charge in [0, 0.05) is 25.1 Å². The summed E-state index contributed by atoms with van der Waals surface area (Å²) in [6, 6.07) is 13.2. The molecular formula is C32H32FN3O7S. The maximum Gasteiger partial charge on any atom is 0.328 e. The molecule has 12 heteroatoms. The van der Waals surface area contributed by atoms with Crippen LogP contribution in [0.4, 0.5) is 4.39 Å². The van der Waals surface area contributed by atoms with Gasteiger partial charge in [0.15, 0.2) is 6.04 Å². The van der Waals surface area contributed by atoms with Crippen LogP contribution in [0.2, 0.25) is 0 Å². The Balaban J connectivity index is 1.35. The lowest BCUT2D eigenvalue weighted by Crippen LogP contribution is -2.43. The van der Waals surface area contributed by atoms with Crippen LogP contribution < -0.4 is 15.4 Å². The number of carboxylic acids is 1. The third-order valence-corrected chi connectivity index (χ3v) is 8.27. The fourth-order valence-electron chi connectivity index (χ4n) is 5.18. The van der Waals surface area contributed by atoms with Crippen LogP contribution >= 0.6 is 11.3 Å². The molecule has 0 radical (unpaired) electrons. The molecule has 5 rings (SSSR count). The van der Waals surface area contributed by atoms with Crippen molar-refractivity contribution in [2.24, 2.45) is 0 Å². The second kappa shape index (κ2) is 14.3. The van der Waals surface area contributed by atoms with Crippen molar-refractivity contribution in [1.82, 2.24) is 15.5 Å². The first-order valence-corrected chi connectivity index (χ1v) is 15.0. The highest BCUT2D eigenvalue weighted by atomic mass is 32.1. The molecule has 0 spiro atoms. The smallest absolute Gasteiger partial charge is 0.328 e. The van der Waals surface area contributed by atoms with E-state index in [9.17, 15) is 28.7 Å². The summed E-state index contributed by atoms with van der Waals surface area (Å²) in [4.78, 5) is 52.4. The molecule has 3 N–H and O–H groups in total. The second-order valence-electron chi connectivity index (χ2n) is 10.6. The third-order valence-electron chi connectivity index (χ3n) is 7.34. The van der Waals surface area contributed by atoms with Crippen LogP contribution in [0.5, 0.6) is 5.75 Å². The van der Waals surface area contributed by atoms with Gasteiger partial charge in [-0.15, -0.1) is 11.3 Å². The van der Waals surface area contributed by atoms with Crippen LogP contribution in [0.1, 0.15) is 28.1 Å². The molecule has 44 heavy (non-hydrogen) atoms. The summed E-state index contributed by atoms with van der Waals surface area (Å²) in [7, 11) is 0. The van der Waals surface area contributed by atoms with Crippen LogP contribution in [-0.2, 0) is 25.5 Å². The Labute approximate surface area is 257 Å². The van der Waals surface area contributed by atoms with E-state index in [1.54, 1.807) is 34.6 Å². The lowest BCUT2D eigenvalue weighted by atomic mass is 10.1. The number of rotatable bonds is 4. The lowest BCUT2D eigenvalue weighted by Gasteiger charge is -2.24. The Hall–Kier alpha value is -4.55. The lowest BCUT2D eigenvalue weighted by molar-refractivity contribution is -0.140. The quantitative estimate of drug-likeness (QED) is 0.380. The molecular weight excluding hydrogens is 589 g/mol. The van der Waals surface area contributed by atoms with Crippen LogP contribution in [0.3, 0.4) is 0 Å². The molecule has 2 aromatic carbocycles. The number of benzene rings is 2. The third kappa shape index (κ3) is 8.08. The molecule has 3 heterocycles. The number of carbonyl (C=O) groups excluding carboxylic acids is 3. The Kier molecular flexibility index (Phi) is 10.0. The number of carbonyl (C=O) groups is 4. The minimum absolute atomic E-state index is 0.0427. The first kappa shape index (κ1) is 30.9. The van der Waals surface area contributed by atoms with Gasteiger partial charge in [0.2, 0.25) is 11.8 Å². The molecule has 10 nitrogen and oxygen atoms in total. The van der Waals surface area contributed by atoms with Gasteiger partial charge in [-0.3, -0.25) is 14.4 Å². The minimum Gasteiger partial charge on any atom is -0.491 e. The molecule has 4 bridgehead atoms. The van der Waals surface area contributed by atoms with Crippen LogP contribution in [0.25, 0.3) is 11.1 Å². The number of aliphatic carboxylic acids is 1. The summed E-state index contributed by atoms with van der Waals surface area (Å²) in [6.45, 7) is 0.145. The van der Waals surface area contributed by atoms with Crippen molar-refractivity contribution < 1.29 is 38.1 Å². The molecule has 2 aliphatic heterocycles. The van der Waals surface area contributed by atoms with E-state index in [-0.39, 0.29) is 67.2 Å². The van der Waals surface area contributed by atoms with Crippen molar-refractivity contribution in [2.75, 3.05) is 26.4 Å². The number of halogens is 1. The van der Waals surface area contributed by atoms with Crippen LogP contribution in [0, 0.1) is 5.82 Å². The molecule has 0 aliphatic carbocycles. The van der Waals surface area contributed by atoms with Gasteiger partial charge in [-0.25, -0.2) is 9.18 Å². The highest BCUT2D eigenvalue weighted by molar-refractivity contribution is 7.12. The first-order valence-electron chi connectivity index (χ1n) is 14.2. The van der Waals surface area contributed by atoms with Gasteiger partial charge in [-0.05, 0) is 46.7 Å². The van der Waals surface area contributed by atoms with E-state index < -0.39 is 23.7 Å². The number of ether oxygens (including phenoxy) is 2. The number of fused-ring (bicyclic) bond motifs is 6. The van der Waals surface area contributed by atoms with Crippen molar-refractivity contribution in [3.63, 3.8) is 0 Å². The van der Waals surface area contributed by atoms with Gasteiger partial charge in [-0.1, -0.05) is 42.5 Å². The van der Waals surface area contributed by atoms with Crippen molar-refractivity contribution >= 4 is 35.0 Å². The minimum atomic E-state index is -1.29. The number of amides is 3. The van der Waals surface area contributed by atoms with E-state index in [0.29, 0.717) is 24.1 Å². The summed E-state index contributed by atoms with van der Waals surface area (Å²) < 4.78 is 26.1. The van der Waals surface area contributed by atoms with Gasteiger partial charge >= 0.3 is 5.97 Å². The first-order chi connectivity index (χ1) is 21.2. The Bertz CT molecular complexity index is 1540. The Morgan fingerprint density at radius 3 is 2.68 bits per heavy atom. The fourth-order valence-corrected chi connectivity index (χ4v) is 6.00. The zero-order valence-electron chi connectivity index (χ0n) is 23.7. The van der Waals surface area contributed by atoms with E-state index in [4.69, 9.17) is 9.47 Å². The number of nitrogens with zero attached hydrogens (tertiary/aromatic N) is 1. The van der Waals surface area contributed by atoms with Crippen molar-refractivity contribution in [3.05, 3.63) is 88.4 Å². The normalized spacial score (nSPS) is 21.8. The molecule has 2 aliphatic rings. The molecule has 1 aromatic heterocycles. The zero-order valence-corrected chi connectivity index (χ0v) is 24.6. The van der Waals surface area contributed by atoms with E-state index in [1.165, 1.54) is 12.1 Å². The number of hydrogen-bond acceptors (Lipinski definition) is 7.